The summed E-state index contributed by atoms with van der Waals surface area (Å²) in [4.78, 5) is 24.1. The van der Waals surface area contributed by atoms with Gasteiger partial charge in [0.25, 0.3) is 0 Å². The molecular weight excluding hydrogens is 1430 g/mol. The zero-order valence-electron chi connectivity index (χ0n) is 77.6. The van der Waals surface area contributed by atoms with Crippen LogP contribution in [0.2, 0.25) is 0 Å². The molecule has 0 spiro atoms. The van der Waals surface area contributed by atoms with E-state index in [0.717, 1.165) is 38.9 Å². The van der Waals surface area contributed by atoms with E-state index in [0.29, 0.717) is 26.1 Å². The molecule has 0 aromatic carbocycles. The first-order valence-corrected chi connectivity index (χ1v) is 54.0. The van der Waals surface area contributed by atoms with Crippen LogP contribution in [-0.2, 0) is 28.5 Å². The highest BCUT2D eigenvalue weighted by atomic mass is 32.2. The average molecular weight is 1640 g/mol. The molecule has 0 saturated carbocycles. The van der Waals surface area contributed by atoms with Crippen molar-refractivity contribution in [2.45, 2.75) is 579 Å². The fourth-order valence-electron chi connectivity index (χ4n) is 16.2. The largest absolute Gasteiger partial charge is 0.502 e. The Balaban J connectivity index is 0. The Kier molecular flexibility index (Phi) is 111. The third kappa shape index (κ3) is 112. The fraction of sp³-hybridized carbons (Fsp3) is 0.906. The molecule has 0 N–H and O–H groups in total. The van der Waals surface area contributed by atoms with E-state index in [1.165, 1.54) is 538 Å². The van der Waals surface area contributed by atoms with Crippen LogP contribution in [0.5, 0.6) is 0 Å². The first-order valence-electron chi connectivity index (χ1n) is 51.9. The number of ether oxygens (including phenoxy) is 4. The number of unbranched alkanes of at least 4 members (excludes halogenated alkanes) is 82. The highest BCUT2D eigenvalue weighted by Gasteiger charge is 2.06. The molecule has 0 aromatic heterocycles. The summed E-state index contributed by atoms with van der Waals surface area (Å²) in [5.74, 6) is 2.29. The number of carbonyl (C=O) groups excluding carboxylic acids is 2. The van der Waals surface area contributed by atoms with Crippen molar-refractivity contribution < 1.29 is 28.5 Å². The van der Waals surface area contributed by atoms with Crippen molar-refractivity contribution in [1.29, 1.82) is 0 Å². The molecule has 0 amide bonds. The molecule has 8 heteroatoms. The van der Waals surface area contributed by atoms with Gasteiger partial charge in [0.1, 0.15) is 13.2 Å². The van der Waals surface area contributed by atoms with Gasteiger partial charge in [0.15, 0.2) is 0 Å². The van der Waals surface area contributed by atoms with Gasteiger partial charge in [0.2, 0.25) is 0 Å². The van der Waals surface area contributed by atoms with Gasteiger partial charge in [-0.05, 0) is 73.0 Å². The summed E-state index contributed by atoms with van der Waals surface area (Å²) in [6, 6.07) is 0. The molecule has 676 valence electrons. The van der Waals surface area contributed by atoms with Gasteiger partial charge >= 0.3 is 11.9 Å². The van der Waals surface area contributed by atoms with E-state index in [1.807, 2.05) is 35.7 Å². The smallest absolute Gasteiger partial charge is 0.306 e. The number of esters is 2. The lowest BCUT2D eigenvalue weighted by Crippen LogP contribution is -2.03. The second-order valence-electron chi connectivity index (χ2n) is 35.1. The van der Waals surface area contributed by atoms with E-state index in [2.05, 4.69) is 37.8 Å². The minimum absolute atomic E-state index is 0.0324. The van der Waals surface area contributed by atoms with Gasteiger partial charge in [-0.25, -0.2) is 0 Å². The van der Waals surface area contributed by atoms with Gasteiger partial charge in [0, 0.05) is 12.8 Å². The quantitative estimate of drug-likeness (QED) is 0.0339. The van der Waals surface area contributed by atoms with Crippen molar-refractivity contribution in [3.63, 3.8) is 0 Å². The lowest BCUT2D eigenvalue weighted by Gasteiger charge is -2.05. The van der Waals surface area contributed by atoms with E-state index in [4.69, 9.17) is 18.9 Å². The van der Waals surface area contributed by atoms with E-state index < -0.39 is 0 Å². The maximum atomic E-state index is 12.0. The Labute approximate surface area is 724 Å². The fourth-order valence-corrected chi connectivity index (χ4v) is 17.6. The van der Waals surface area contributed by atoms with Crippen molar-refractivity contribution >= 4 is 35.5 Å². The highest BCUT2D eigenvalue weighted by Crippen LogP contribution is 2.23. The molecule has 6 nitrogen and oxygen atoms in total. The molecule has 0 saturated heterocycles. The molecule has 0 heterocycles. The van der Waals surface area contributed by atoms with Crippen LogP contribution in [0.1, 0.15) is 579 Å². The van der Waals surface area contributed by atoms with E-state index in [1.54, 1.807) is 12.5 Å². The maximum absolute atomic E-state index is 12.0. The number of hydrogen-bond acceptors (Lipinski definition) is 8. The van der Waals surface area contributed by atoms with E-state index >= 15 is 0 Å². The second-order valence-corrected chi connectivity index (χ2v) is 37.2. The summed E-state index contributed by atoms with van der Waals surface area (Å²) in [5, 5.41) is 4.23. The topological polar surface area (TPSA) is 71.1 Å². The molecule has 0 aliphatic rings. The minimum Gasteiger partial charge on any atom is -0.502 e. The number of thioether (sulfide) groups is 2. The SMILES string of the molecule is C=COCCCCCCCCCCCCCCCCCCCCCCCCCCCCCCCCCCCCOC=C.CCCCCCCCCCCCS/C=C/COC(=O)CCCCCCCCCCCCCCCCCCCCCCCCCCCCCCCCCCC(=O)OC/C=C/SCCCCCCCCCCCC. The molecule has 0 rings (SSSR count). The normalized spacial score (nSPS) is 11.5. The third-order valence-electron chi connectivity index (χ3n) is 23.8. The van der Waals surface area contributed by atoms with Gasteiger partial charge < -0.3 is 18.9 Å². The summed E-state index contributed by atoms with van der Waals surface area (Å²) >= 11 is 3.71. The summed E-state index contributed by atoms with van der Waals surface area (Å²) in [6.45, 7) is 14.3. The molecule has 0 aliphatic heterocycles. The monoisotopic (exact) mass is 1640 g/mol. The summed E-state index contributed by atoms with van der Waals surface area (Å²) in [7, 11) is 0. The molecule has 0 atom stereocenters. The van der Waals surface area contributed by atoms with Crippen molar-refractivity contribution in [3.8, 4) is 0 Å². The van der Waals surface area contributed by atoms with Gasteiger partial charge in [-0.2, -0.15) is 0 Å². The van der Waals surface area contributed by atoms with Crippen LogP contribution in [0, 0.1) is 0 Å². The Morgan fingerprint density at radius 1 is 0.211 bits per heavy atom. The van der Waals surface area contributed by atoms with E-state index in [9.17, 15) is 9.59 Å². The second kappa shape index (κ2) is 111. The number of carbonyl (C=O) groups is 2. The van der Waals surface area contributed by atoms with Crippen molar-refractivity contribution in [2.24, 2.45) is 0 Å². The lowest BCUT2D eigenvalue weighted by molar-refractivity contribution is -0.143. The van der Waals surface area contributed by atoms with Crippen LogP contribution in [0.3, 0.4) is 0 Å². The minimum atomic E-state index is -0.0324. The van der Waals surface area contributed by atoms with Crippen molar-refractivity contribution in [3.05, 3.63) is 48.7 Å². The molecule has 0 unspecified atom stereocenters. The Morgan fingerprint density at radius 2 is 0.360 bits per heavy atom. The number of hydrogen-bond donors (Lipinski definition) is 0. The third-order valence-corrected chi connectivity index (χ3v) is 25.6. The van der Waals surface area contributed by atoms with Gasteiger partial charge in [-0.15, -0.1) is 23.5 Å². The Bertz CT molecular complexity index is 1690. The zero-order chi connectivity index (χ0) is 82.1. The van der Waals surface area contributed by atoms with Gasteiger partial charge in [-0.3, -0.25) is 9.59 Å². The molecule has 0 radical (unpaired) electrons. The van der Waals surface area contributed by atoms with E-state index in [-0.39, 0.29) is 11.9 Å². The molecule has 0 aliphatic carbocycles. The highest BCUT2D eigenvalue weighted by molar-refractivity contribution is 8.02. The van der Waals surface area contributed by atoms with Crippen LogP contribution in [-0.4, -0.2) is 49.9 Å². The molecular formula is C106H204O6S2. The van der Waals surface area contributed by atoms with Crippen LogP contribution in [0.15, 0.2) is 48.7 Å². The van der Waals surface area contributed by atoms with Gasteiger partial charge in [-0.1, -0.05) is 541 Å². The van der Waals surface area contributed by atoms with Crippen LogP contribution < -0.4 is 0 Å². The van der Waals surface area contributed by atoms with Crippen LogP contribution in [0.4, 0.5) is 0 Å². The van der Waals surface area contributed by atoms with Gasteiger partial charge in [0.05, 0.1) is 25.7 Å². The van der Waals surface area contributed by atoms with Crippen LogP contribution >= 0.6 is 23.5 Å². The standard InChI is InChI=1S/C66H126O4S2.C40H78O2/c1-3-5-7-9-11-13-41-45-49-53-61-71-63-55-59-69-65(67)57-51-47-43-39-37-35-33-31-29-27-25-23-21-19-17-15-16-18-20-22-24-26-28-30-32-34-36-38-40-44-48-52-58-66(68)70-60-56-64-72-62-54-50-46-42-14-12-10-8-6-4-2;1-3-41-39-37-35-33-31-29-27-25-23-21-19-17-15-13-11-9-7-5-6-8-10-12-14-16-18-20-22-24-26-28-30-32-34-36-38-40-42-4-2/h55-56,63-64H,3-54,57-62H2,1-2H3;3-4H,1-2,5-40H2/b63-55+,64-56+;. The lowest BCUT2D eigenvalue weighted by atomic mass is 10.0. The average Bonchev–Trinajstić information content (AvgIpc) is 1.25. The predicted octanol–water partition coefficient (Wildman–Crippen LogP) is 38.2. The zero-order valence-corrected chi connectivity index (χ0v) is 79.2. The molecule has 114 heavy (non-hydrogen) atoms. The Morgan fingerprint density at radius 3 is 0.526 bits per heavy atom. The number of rotatable bonds is 102. The molecule has 0 aromatic rings. The van der Waals surface area contributed by atoms with Crippen molar-refractivity contribution in [1.82, 2.24) is 0 Å². The summed E-state index contributed by atoms with van der Waals surface area (Å²) in [6.07, 6.45) is 128. The van der Waals surface area contributed by atoms with Crippen molar-refractivity contribution in [2.75, 3.05) is 37.9 Å². The first-order chi connectivity index (χ1) is 56.6. The predicted molar refractivity (Wildman–Crippen MR) is 515 cm³/mol. The Hall–Kier alpha value is -1.80. The maximum Gasteiger partial charge on any atom is 0.306 e. The summed E-state index contributed by atoms with van der Waals surface area (Å²) < 4.78 is 21.1. The molecule has 0 bridgehead atoms. The summed E-state index contributed by atoms with van der Waals surface area (Å²) in [5.41, 5.74) is 0. The van der Waals surface area contributed by atoms with Crippen LogP contribution in [0.25, 0.3) is 0 Å². The molecule has 0 fully saturated rings. The first kappa shape index (κ1) is 114.